The van der Waals surface area contributed by atoms with Crippen molar-refractivity contribution >= 4 is 39.1 Å². The molecule has 2 amide bonds. The number of carbonyl (C=O) groups is 2. The number of carbonyl (C=O) groups excluding carboxylic acids is 2. The predicted octanol–water partition coefficient (Wildman–Crippen LogP) is 6.02. The van der Waals surface area contributed by atoms with Crippen molar-refractivity contribution in [1.29, 1.82) is 0 Å². The van der Waals surface area contributed by atoms with Crippen LogP contribution in [0.25, 0.3) is 0 Å². The molecule has 1 N–H and O–H groups in total. The highest BCUT2D eigenvalue weighted by molar-refractivity contribution is 7.92. The molecular formula is C32H38ClN3O4S. The van der Waals surface area contributed by atoms with E-state index in [2.05, 4.69) is 5.32 Å². The van der Waals surface area contributed by atoms with E-state index in [-0.39, 0.29) is 23.4 Å². The molecule has 1 atom stereocenters. The van der Waals surface area contributed by atoms with Crippen LogP contribution in [0.3, 0.4) is 0 Å². The zero-order chi connectivity index (χ0) is 29.6. The van der Waals surface area contributed by atoms with Crippen molar-refractivity contribution in [1.82, 2.24) is 10.2 Å². The third-order valence-corrected chi connectivity index (χ3v) is 9.57. The van der Waals surface area contributed by atoms with Crippen molar-refractivity contribution < 1.29 is 18.0 Å². The molecule has 218 valence electrons. The standard InChI is InChI=1S/C32H38ClN3O4S/c1-4-30(32(38)34-27-9-5-6-10-27)35(21-25-14-12-23(2)13-15-25)31(37)22-36(28-11-7-8-24(3)20-28)41(39,40)29-18-16-26(33)17-19-29/h7-8,11-20,27,30H,4-6,9-10,21-22H2,1-3H3,(H,34,38). The molecule has 4 rings (SSSR count). The number of rotatable bonds is 11. The third kappa shape index (κ3) is 7.68. The minimum absolute atomic E-state index is 0.0207. The van der Waals surface area contributed by atoms with E-state index in [1.807, 2.05) is 51.1 Å². The Balaban J connectivity index is 1.71. The molecule has 0 aromatic heterocycles. The van der Waals surface area contributed by atoms with E-state index in [4.69, 9.17) is 11.6 Å². The zero-order valence-electron chi connectivity index (χ0n) is 23.8. The molecule has 1 aliphatic rings. The third-order valence-electron chi connectivity index (χ3n) is 7.53. The smallest absolute Gasteiger partial charge is 0.264 e. The molecule has 1 aliphatic carbocycles. The summed E-state index contributed by atoms with van der Waals surface area (Å²) in [6.45, 7) is 5.43. The van der Waals surface area contributed by atoms with Crippen LogP contribution in [0.5, 0.6) is 0 Å². The van der Waals surface area contributed by atoms with Crippen molar-refractivity contribution in [2.75, 3.05) is 10.8 Å². The van der Waals surface area contributed by atoms with Gasteiger partial charge in [0.15, 0.2) is 0 Å². The Morgan fingerprint density at radius 3 is 2.22 bits per heavy atom. The number of nitrogens with zero attached hydrogens (tertiary/aromatic N) is 2. The van der Waals surface area contributed by atoms with Gasteiger partial charge in [-0.1, -0.05) is 73.3 Å². The van der Waals surface area contributed by atoms with Gasteiger partial charge < -0.3 is 10.2 Å². The van der Waals surface area contributed by atoms with Gasteiger partial charge in [-0.25, -0.2) is 8.42 Å². The van der Waals surface area contributed by atoms with Crippen LogP contribution in [0.4, 0.5) is 5.69 Å². The Labute approximate surface area is 248 Å². The summed E-state index contributed by atoms with van der Waals surface area (Å²) in [6, 6.07) is 20.0. The highest BCUT2D eigenvalue weighted by Crippen LogP contribution is 2.27. The van der Waals surface area contributed by atoms with Crippen molar-refractivity contribution in [3.05, 3.63) is 94.5 Å². The SMILES string of the molecule is CCC(C(=O)NC1CCCC1)N(Cc1ccc(C)cc1)C(=O)CN(c1cccc(C)c1)S(=O)(=O)c1ccc(Cl)cc1. The Hall–Kier alpha value is -3.36. The van der Waals surface area contributed by atoms with Crippen molar-refractivity contribution in [3.63, 3.8) is 0 Å². The molecule has 7 nitrogen and oxygen atoms in total. The summed E-state index contributed by atoms with van der Waals surface area (Å²) in [7, 11) is -4.14. The highest BCUT2D eigenvalue weighted by Gasteiger charge is 2.34. The maximum atomic E-state index is 14.2. The van der Waals surface area contributed by atoms with Crippen LogP contribution < -0.4 is 9.62 Å². The first-order chi connectivity index (χ1) is 19.6. The first-order valence-electron chi connectivity index (χ1n) is 14.1. The second-order valence-electron chi connectivity index (χ2n) is 10.7. The Bertz CT molecular complexity index is 1450. The van der Waals surface area contributed by atoms with Crippen LogP contribution in [0, 0.1) is 13.8 Å². The number of hydrogen-bond donors (Lipinski definition) is 1. The quantitative estimate of drug-likeness (QED) is 0.294. The van der Waals surface area contributed by atoms with Crippen LogP contribution in [-0.2, 0) is 26.2 Å². The van der Waals surface area contributed by atoms with Crippen LogP contribution in [0.15, 0.2) is 77.7 Å². The van der Waals surface area contributed by atoms with Gasteiger partial charge in [-0.2, -0.15) is 0 Å². The van der Waals surface area contributed by atoms with Crippen LogP contribution in [-0.4, -0.2) is 43.8 Å². The molecule has 3 aromatic carbocycles. The first kappa shape index (κ1) is 30.6. The van der Waals surface area contributed by atoms with Gasteiger partial charge in [-0.3, -0.25) is 13.9 Å². The molecule has 0 aliphatic heterocycles. The molecule has 1 fully saturated rings. The minimum Gasteiger partial charge on any atom is -0.352 e. The van der Waals surface area contributed by atoms with Gasteiger partial charge >= 0.3 is 0 Å². The zero-order valence-corrected chi connectivity index (χ0v) is 25.4. The average molecular weight is 596 g/mol. The summed E-state index contributed by atoms with van der Waals surface area (Å²) >= 11 is 6.03. The first-order valence-corrected chi connectivity index (χ1v) is 15.9. The fraction of sp³-hybridized carbons (Fsp3) is 0.375. The molecule has 0 radical (unpaired) electrons. The van der Waals surface area contributed by atoms with Crippen LogP contribution >= 0.6 is 11.6 Å². The number of benzene rings is 3. The minimum atomic E-state index is -4.14. The lowest BCUT2D eigenvalue weighted by Crippen LogP contribution is -2.53. The summed E-state index contributed by atoms with van der Waals surface area (Å²) in [5.74, 6) is -0.666. The Kier molecular flexibility index (Phi) is 10.1. The number of halogens is 1. The summed E-state index contributed by atoms with van der Waals surface area (Å²) in [5.41, 5.74) is 3.16. The molecular weight excluding hydrogens is 558 g/mol. The molecule has 1 saturated carbocycles. The molecule has 3 aromatic rings. The lowest BCUT2D eigenvalue weighted by molar-refractivity contribution is -0.140. The highest BCUT2D eigenvalue weighted by atomic mass is 35.5. The normalized spacial score (nSPS) is 14.4. The van der Waals surface area contributed by atoms with Crippen molar-refractivity contribution in [2.24, 2.45) is 0 Å². The van der Waals surface area contributed by atoms with Gasteiger partial charge in [0, 0.05) is 17.6 Å². The Morgan fingerprint density at radius 1 is 0.951 bits per heavy atom. The second kappa shape index (κ2) is 13.5. The lowest BCUT2D eigenvalue weighted by Gasteiger charge is -2.34. The molecule has 0 saturated heterocycles. The monoisotopic (exact) mass is 595 g/mol. The van der Waals surface area contributed by atoms with E-state index in [9.17, 15) is 18.0 Å². The van der Waals surface area contributed by atoms with Gasteiger partial charge in [-0.05, 0) is 80.6 Å². The van der Waals surface area contributed by atoms with Crippen molar-refractivity contribution in [2.45, 2.75) is 76.4 Å². The summed E-state index contributed by atoms with van der Waals surface area (Å²) < 4.78 is 29.0. The van der Waals surface area contributed by atoms with Gasteiger partial charge in [0.1, 0.15) is 12.6 Å². The van der Waals surface area contributed by atoms with Crippen LogP contribution in [0.1, 0.15) is 55.7 Å². The van der Waals surface area contributed by atoms with Crippen LogP contribution in [0.2, 0.25) is 5.02 Å². The van der Waals surface area contributed by atoms with E-state index in [1.54, 1.807) is 18.2 Å². The van der Waals surface area contributed by atoms with E-state index in [0.29, 0.717) is 17.1 Å². The fourth-order valence-electron chi connectivity index (χ4n) is 5.22. The average Bonchev–Trinajstić information content (AvgIpc) is 3.45. The second-order valence-corrected chi connectivity index (χ2v) is 13.0. The summed E-state index contributed by atoms with van der Waals surface area (Å²) in [6.07, 6.45) is 4.39. The van der Waals surface area contributed by atoms with E-state index < -0.39 is 28.5 Å². The molecule has 9 heteroatoms. The topological polar surface area (TPSA) is 86.8 Å². The summed E-state index contributed by atoms with van der Waals surface area (Å²) in [5, 5.41) is 3.54. The maximum Gasteiger partial charge on any atom is 0.264 e. The Morgan fingerprint density at radius 2 is 1.61 bits per heavy atom. The summed E-state index contributed by atoms with van der Waals surface area (Å²) in [4.78, 5) is 29.2. The van der Waals surface area contributed by atoms with Gasteiger partial charge in [0.25, 0.3) is 10.0 Å². The van der Waals surface area contributed by atoms with Gasteiger partial charge in [0.2, 0.25) is 11.8 Å². The number of amides is 2. The van der Waals surface area contributed by atoms with E-state index >= 15 is 0 Å². The molecule has 0 spiro atoms. The fourth-order valence-corrected chi connectivity index (χ4v) is 6.75. The van der Waals surface area contributed by atoms with Gasteiger partial charge in [0.05, 0.1) is 10.6 Å². The number of hydrogen-bond acceptors (Lipinski definition) is 4. The maximum absolute atomic E-state index is 14.2. The van der Waals surface area contributed by atoms with Crippen molar-refractivity contribution in [3.8, 4) is 0 Å². The number of sulfonamides is 1. The largest absolute Gasteiger partial charge is 0.352 e. The number of nitrogens with one attached hydrogen (secondary N) is 1. The molecule has 1 unspecified atom stereocenters. The molecule has 41 heavy (non-hydrogen) atoms. The predicted molar refractivity (Wildman–Crippen MR) is 163 cm³/mol. The van der Waals surface area contributed by atoms with E-state index in [1.165, 1.54) is 29.2 Å². The number of anilines is 1. The molecule has 0 heterocycles. The van der Waals surface area contributed by atoms with E-state index in [0.717, 1.165) is 46.7 Å². The molecule has 0 bridgehead atoms. The lowest BCUT2D eigenvalue weighted by atomic mass is 10.1. The van der Waals surface area contributed by atoms with Gasteiger partial charge in [-0.15, -0.1) is 0 Å². The number of aryl methyl sites for hydroxylation is 2.